The summed E-state index contributed by atoms with van der Waals surface area (Å²) in [4.78, 5) is 0. The van der Waals surface area contributed by atoms with Gasteiger partial charge in [-0.2, -0.15) is 0 Å². The van der Waals surface area contributed by atoms with Crippen molar-refractivity contribution in [2.45, 2.75) is 25.0 Å². The van der Waals surface area contributed by atoms with Crippen molar-refractivity contribution in [2.24, 2.45) is 0 Å². The van der Waals surface area contributed by atoms with Gasteiger partial charge in [-0.3, -0.25) is 0 Å². The summed E-state index contributed by atoms with van der Waals surface area (Å²) >= 11 is 0. The summed E-state index contributed by atoms with van der Waals surface area (Å²) in [5.41, 5.74) is 1.03. The van der Waals surface area contributed by atoms with E-state index < -0.39 is 11.2 Å². The van der Waals surface area contributed by atoms with Crippen LogP contribution >= 0.6 is 0 Å². The van der Waals surface area contributed by atoms with Gasteiger partial charge in [0, 0.05) is 14.2 Å². The van der Waals surface area contributed by atoms with Crippen LogP contribution in [0.4, 0.5) is 0 Å². The Morgan fingerprint density at radius 2 is 0.900 bits per heavy atom. The topological polar surface area (TPSA) is 18.5 Å². The largest absolute Gasteiger partial charge is 0.370 e. The first-order chi connectivity index (χ1) is 9.58. The zero-order chi connectivity index (χ0) is 14.6. The highest BCUT2D eigenvalue weighted by Crippen LogP contribution is 2.45. The second-order valence-electron chi connectivity index (χ2n) is 5.21. The molecule has 106 valence electrons. The lowest BCUT2D eigenvalue weighted by Crippen LogP contribution is -2.48. The first-order valence-corrected chi connectivity index (χ1v) is 6.80. The molecule has 0 aliphatic rings. The first kappa shape index (κ1) is 14.8. The van der Waals surface area contributed by atoms with Crippen molar-refractivity contribution in [1.82, 2.24) is 0 Å². The van der Waals surface area contributed by atoms with Gasteiger partial charge in [-0.25, -0.2) is 0 Å². The number of rotatable bonds is 5. The predicted octanol–water partition coefficient (Wildman–Crippen LogP) is 4.11. The number of benzene rings is 2. The van der Waals surface area contributed by atoms with E-state index in [0.29, 0.717) is 0 Å². The fourth-order valence-corrected chi connectivity index (χ4v) is 2.69. The standard InChI is InChI=1S/C18H22O2/c1-17(19-3,15-11-7-5-8-12-15)18(2,20-4)16-13-9-6-10-14-16/h5-14H,1-4H3/t17-,18-/m0/s1. The SMILES string of the molecule is CO[C@@](C)(c1ccccc1)[C@@](C)(OC)c1ccccc1. The van der Waals surface area contributed by atoms with E-state index in [4.69, 9.17) is 9.47 Å². The smallest absolute Gasteiger partial charge is 0.123 e. The normalized spacial score (nSPS) is 17.2. The summed E-state index contributed by atoms with van der Waals surface area (Å²) in [5, 5.41) is 0. The monoisotopic (exact) mass is 270 g/mol. The molecule has 2 aromatic rings. The molecule has 0 aliphatic carbocycles. The molecule has 0 saturated carbocycles. The van der Waals surface area contributed by atoms with Crippen LogP contribution in [0.5, 0.6) is 0 Å². The summed E-state index contributed by atoms with van der Waals surface area (Å²) in [6, 6.07) is 20.4. The van der Waals surface area contributed by atoms with Crippen molar-refractivity contribution in [1.29, 1.82) is 0 Å². The van der Waals surface area contributed by atoms with Crippen molar-refractivity contribution < 1.29 is 9.47 Å². The molecule has 0 N–H and O–H groups in total. The number of hydrogen-bond acceptors (Lipinski definition) is 2. The molecule has 0 amide bonds. The zero-order valence-corrected chi connectivity index (χ0v) is 12.6. The Morgan fingerprint density at radius 1 is 0.600 bits per heavy atom. The van der Waals surface area contributed by atoms with Gasteiger partial charge in [-0.1, -0.05) is 60.7 Å². The molecule has 2 nitrogen and oxygen atoms in total. The Morgan fingerprint density at radius 3 is 1.15 bits per heavy atom. The lowest BCUT2D eigenvalue weighted by Gasteiger charge is -2.45. The molecule has 0 aromatic heterocycles. The summed E-state index contributed by atoms with van der Waals surface area (Å²) in [5.74, 6) is 0. The molecular weight excluding hydrogens is 248 g/mol. The van der Waals surface area contributed by atoms with Crippen LogP contribution in [-0.4, -0.2) is 14.2 Å². The second-order valence-corrected chi connectivity index (χ2v) is 5.21. The van der Waals surface area contributed by atoms with E-state index in [1.165, 1.54) is 0 Å². The number of hydrogen-bond donors (Lipinski definition) is 0. The lowest BCUT2D eigenvalue weighted by atomic mass is 9.75. The van der Waals surface area contributed by atoms with Gasteiger partial charge in [0.25, 0.3) is 0 Å². The Hall–Kier alpha value is -1.64. The second kappa shape index (κ2) is 5.78. The van der Waals surface area contributed by atoms with Crippen molar-refractivity contribution in [3.05, 3.63) is 71.8 Å². The minimum Gasteiger partial charge on any atom is -0.370 e. The Labute approximate surface area is 121 Å². The number of methoxy groups -OCH3 is 2. The van der Waals surface area contributed by atoms with Crippen molar-refractivity contribution in [3.8, 4) is 0 Å². The van der Waals surface area contributed by atoms with E-state index >= 15 is 0 Å². The maximum Gasteiger partial charge on any atom is 0.123 e. The van der Waals surface area contributed by atoms with Crippen molar-refractivity contribution in [2.75, 3.05) is 14.2 Å². The highest BCUT2D eigenvalue weighted by Gasteiger charge is 2.48. The molecule has 0 fully saturated rings. The Kier molecular flexibility index (Phi) is 4.26. The molecule has 0 aliphatic heterocycles. The third-order valence-corrected chi connectivity index (χ3v) is 4.38. The van der Waals surface area contributed by atoms with Crippen molar-refractivity contribution >= 4 is 0 Å². The number of ether oxygens (including phenoxy) is 2. The highest BCUT2D eigenvalue weighted by molar-refractivity contribution is 5.33. The van der Waals surface area contributed by atoms with E-state index in [9.17, 15) is 0 Å². The van der Waals surface area contributed by atoms with Crippen molar-refractivity contribution in [3.63, 3.8) is 0 Å². The first-order valence-electron chi connectivity index (χ1n) is 6.80. The summed E-state index contributed by atoms with van der Waals surface area (Å²) < 4.78 is 11.8. The van der Waals surface area contributed by atoms with Gasteiger partial charge in [0.1, 0.15) is 11.2 Å². The van der Waals surface area contributed by atoms with E-state index in [-0.39, 0.29) is 0 Å². The van der Waals surface area contributed by atoms with Gasteiger partial charge < -0.3 is 9.47 Å². The molecule has 2 aromatic carbocycles. The van der Waals surface area contributed by atoms with E-state index in [1.54, 1.807) is 14.2 Å². The summed E-state index contributed by atoms with van der Waals surface area (Å²) in [6.45, 7) is 4.14. The zero-order valence-electron chi connectivity index (χ0n) is 12.6. The fraction of sp³-hybridized carbons (Fsp3) is 0.333. The molecule has 2 atom stereocenters. The molecule has 0 bridgehead atoms. The van der Waals surface area contributed by atoms with Crippen LogP contribution in [0.2, 0.25) is 0 Å². The van der Waals surface area contributed by atoms with Crippen LogP contribution in [0.3, 0.4) is 0 Å². The van der Waals surface area contributed by atoms with Gasteiger partial charge in [0.05, 0.1) is 0 Å². The van der Waals surface area contributed by atoms with Crippen LogP contribution < -0.4 is 0 Å². The van der Waals surface area contributed by atoms with Gasteiger partial charge in [0.2, 0.25) is 0 Å². The minimum absolute atomic E-state index is 0.579. The minimum atomic E-state index is -0.579. The molecule has 0 saturated heterocycles. The summed E-state index contributed by atoms with van der Waals surface area (Å²) in [6.07, 6.45) is 0. The molecule has 0 spiro atoms. The molecule has 2 rings (SSSR count). The Bertz CT molecular complexity index is 486. The molecule has 0 heterocycles. The Balaban J connectivity index is 2.58. The van der Waals surface area contributed by atoms with Crippen LogP contribution in [0.15, 0.2) is 60.7 Å². The van der Waals surface area contributed by atoms with Crippen LogP contribution in [0, 0.1) is 0 Å². The fourth-order valence-electron chi connectivity index (χ4n) is 2.69. The third-order valence-electron chi connectivity index (χ3n) is 4.38. The van der Waals surface area contributed by atoms with E-state index in [1.807, 2.05) is 36.4 Å². The van der Waals surface area contributed by atoms with E-state index in [0.717, 1.165) is 11.1 Å². The predicted molar refractivity (Wildman–Crippen MR) is 81.6 cm³/mol. The average molecular weight is 270 g/mol. The average Bonchev–Trinajstić information content (AvgIpc) is 2.54. The van der Waals surface area contributed by atoms with Crippen LogP contribution in [0.25, 0.3) is 0 Å². The molecule has 20 heavy (non-hydrogen) atoms. The van der Waals surface area contributed by atoms with Crippen LogP contribution in [-0.2, 0) is 20.7 Å². The summed E-state index contributed by atoms with van der Waals surface area (Å²) in [7, 11) is 3.46. The van der Waals surface area contributed by atoms with Gasteiger partial charge in [-0.05, 0) is 25.0 Å². The quantitative estimate of drug-likeness (QED) is 0.814. The molecule has 0 radical (unpaired) electrons. The molecular formula is C18H22O2. The lowest BCUT2D eigenvalue weighted by molar-refractivity contribution is -0.180. The van der Waals surface area contributed by atoms with Gasteiger partial charge >= 0.3 is 0 Å². The maximum atomic E-state index is 5.91. The van der Waals surface area contributed by atoms with Crippen LogP contribution in [0.1, 0.15) is 25.0 Å². The van der Waals surface area contributed by atoms with Gasteiger partial charge in [0.15, 0.2) is 0 Å². The van der Waals surface area contributed by atoms with Gasteiger partial charge in [-0.15, -0.1) is 0 Å². The molecule has 0 unspecified atom stereocenters. The van der Waals surface area contributed by atoms with E-state index in [2.05, 4.69) is 38.1 Å². The molecule has 2 heteroatoms. The maximum absolute atomic E-state index is 5.91. The highest BCUT2D eigenvalue weighted by atomic mass is 16.5. The third kappa shape index (κ3) is 2.26.